The van der Waals surface area contributed by atoms with Crippen molar-refractivity contribution in [1.29, 1.82) is 0 Å². The first-order valence-corrected chi connectivity index (χ1v) is 6.82. The second-order valence-electron chi connectivity index (χ2n) is 4.23. The molecule has 0 heterocycles. The molecule has 0 bridgehead atoms. The van der Waals surface area contributed by atoms with E-state index >= 15 is 0 Å². The van der Waals surface area contributed by atoms with Crippen LogP contribution in [0.4, 0.5) is 4.79 Å². The number of rotatable bonds is 3. The SMILES string of the molecule is CCOC(=O)NC(=O)c1ccc(Cl)cc1-c1ccccc1. The van der Waals surface area contributed by atoms with E-state index in [9.17, 15) is 9.59 Å². The van der Waals surface area contributed by atoms with Crippen molar-refractivity contribution in [3.63, 3.8) is 0 Å². The van der Waals surface area contributed by atoms with E-state index < -0.39 is 12.0 Å². The van der Waals surface area contributed by atoms with Gasteiger partial charge in [0.05, 0.1) is 6.61 Å². The fraction of sp³-hybridized carbons (Fsp3) is 0.125. The molecule has 2 aromatic rings. The van der Waals surface area contributed by atoms with Gasteiger partial charge in [-0.25, -0.2) is 4.79 Å². The molecule has 5 heteroatoms. The molecule has 0 aliphatic rings. The van der Waals surface area contributed by atoms with Crippen LogP contribution in [0.5, 0.6) is 0 Å². The Morgan fingerprint density at radius 1 is 1.14 bits per heavy atom. The molecule has 21 heavy (non-hydrogen) atoms. The molecule has 0 aliphatic heterocycles. The smallest absolute Gasteiger partial charge is 0.414 e. The highest BCUT2D eigenvalue weighted by molar-refractivity contribution is 6.31. The molecule has 2 amide bonds. The molecular weight excluding hydrogens is 290 g/mol. The first-order valence-electron chi connectivity index (χ1n) is 6.45. The Morgan fingerprint density at radius 3 is 2.52 bits per heavy atom. The van der Waals surface area contributed by atoms with Gasteiger partial charge in [0.2, 0.25) is 0 Å². The van der Waals surface area contributed by atoms with E-state index in [2.05, 4.69) is 5.32 Å². The molecule has 0 atom stereocenters. The minimum atomic E-state index is -0.767. The van der Waals surface area contributed by atoms with Gasteiger partial charge in [0.15, 0.2) is 0 Å². The van der Waals surface area contributed by atoms with E-state index in [0.717, 1.165) is 5.56 Å². The Balaban J connectivity index is 2.36. The van der Waals surface area contributed by atoms with E-state index in [4.69, 9.17) is 16.3 Å². The molecule has 0 saturated carbocycles. The van der Waals surface area contributed by atoms with Crippen LogP contribution >= 0.6 is 11.6 Å². The third-order valence-electron chi connectivity index (χ3n) is 2.80. The highest BCUT2D eigenvalue weighted by Crippen LogP contribution is 2.27. The van der Waals surface area contributed by atoms with E-state index in [0.29, 0.717) is 16.1 Å². The van der Waals surface area contributed by atoms with Crippen molar-refractivity contribution in [1.82, 2.24) is 5.32 Å². The number of ether oxygens (including phenoxy) is 1. The van der Waals surface area contributed by atoms with Gasteiger partial charge in [0, 0.05) is 10.6 Å². The van der Waals surface area contributed by atoms with Gasteiger partial charge >= 0.3 is 6.09 Å². The minimum Gasteiger partial charge on any atom is -0.450 e. The number of alkyl carbamates (subject to hydrolysis) is 1. The number of carbonyl (C=O) groups excluding carboxylic acids is 2. The zero-order valence-corrected chi connectivity index (χ0v) is 12.2. The fourth-order valence-electron chi connectivity index (χ4n) is 1.90. The normalized spacial score (nSPS) is 10.0. The van der Waals surface area contributed by atoms with E-state index in [1.807, 2.05) is 30.3 Å². The Kier molecular flexibility index (Phi) is 4.95. The number of amides is 2. The van der Waals surface area contributed by atoms with Crippen molar-refractivity contribution in [3.8, 4) is 11.1 Å². The molecule has 0 fully saturated rings. The number of hydrogen-bond acceptors (Lipinski definition) is 3. The van der Waals surface area contributed by atoms with Crippen molar-refractivity contribution in [3.05, 3.63) is 59.1 Å². The predicted octanol–water partition coefficient (Wildman–Crippen LogP) is 3.89. The molecule has 4 nitrogen and oxygen atoms in total. The standard InChI is InChI=1S/C16H14ClNO3/c1-2-21-16(20)18-15(19)13-9-8-12(17)10-14(13)11-6-4-3-5-7-11/h3-10H,2H2,1H3,(H,18,19,20). The quantitative estimate of drug-likeness (QED) is 0.935. The molecule has 0 spiro atoms. The average molecular weight is 304 g/mol. The van der Waals surface area contributed by atoms with Crippen molar-refractivity contribution in [2.75, 3.05) is 6.61 Å². The Labute approximate surface area is 127 Å². The summed E-state index contributed by atoms with van der Waals surface area (Å²) in [5.74, 6) is -0.524. The van der Waals surface area contributed by atoms with E-state index in [-0.39, 0.29) is 6.61 Å². The molecule has 2 aromatic carbocycles. The van der Waals surface area contributed by atoms with Crippen molar-refractivity contribution in [2.24, 2.45) is 0 Å². The second kappa shape index (κ2) is 6.90. The van der Waals surface area contributed by atoms with Gasteiger partial charge in [-0.2, -0.15) is 0 Å². The number of imide groups is 1. The topological polar surface area (TPSA) is 55.4 Å². The lowest BCUT2D eigenvalue weighted by Crippen LogP contribution is -2.31. The molecule has 2 rings (SSSR count). The molecule has 1 N–H and O–H groups in total. The number of carbonyl (C=O) groups is 2. The average Bonchev–Trinajstić information content (AvgIpc) is 2.48. The first kappa shape index (κ1) is 15.1. The third-order valence-corrected chi connectivity index (χ3v) is 3.04. The molecule has 0 saturated heterocycles. The van der Waals surface area contributed by atoms with E-state index in [1.165, 1.54) is 0 Å². The molecule has 0 aliphatic carbocycles. The summed E-state index contributed by atoms with van der Waals surface area (Å²) in [5, 5.41) is 2.70. The van der Waals surface area contributed by atoms with Crippen LogP contribution in [-0.2, 0) is 4.74 Å². The molecule has 0 radical (unpaired) electrons. The van der Waals surface area contributed by atoms with Crippen molar-refractivity contribution < 1.29 is 14.3 Å². The molecule has 0 unspecified atom stereocenters. The van der Waals surface area contributed by atoms with Crippen LogP contribution in [0, 0.1) is 0 Å². The van der Waals surface area contributed by atoms with Gasteiger partial charge in [0.25, 0.3) is 5.91 Å². The van der Waals surface area contributed by atoms with E-state index in [1.54, 1.807) is 25.1 Å². The van der Waals surface area contributed by atoms with Crippen LogP contribution in [0.2, 0.25) is 5.02 Å². The molecular formula is C16H14ClNO3. The maximum Gasteiger partial charge on any atom is 0.414 e. The maximum absolute atomic E-state index is 12.2. The van der Waals surface area contributed by atoms with Gasteiger partial charge in [-0.3, -0.25) is 10.1 Å². The zero-order valence-electron chi connectivity index (χ0n) is 11.4. The Morgan fingerprint density at radius 2 is 1.86 bits per heavy atom. The lowest BCUT2D eigenvalue weighted by Gasteiger charge is -2.10. The largest absolute Gasteiger partial charge is 0.450 e. The van der Waals surface area contributed by atoms with Gasteiger partial charge < -0.3 is 4.74 Å². The summed E-state index contributed by atoms with van der Waals surface area (Å²) >= 11 is 6.00. The number of benzene rings is 2. The lowest BCUT2D eigenvalue weighted by atomic mass is 9.99. The highest BCUT2D eigenvalue weighted by atomic mass is 35.5. The maximum atomic E-state index is 12.2. The van der Waals surface area contributed by atoms with Gasteiger partial charge in [-0.1, -0.05) is 41.9 Å². The summed E-state index contributed by atoms with van der Waals surface area (Å²) in [6.07, 6.45) is -0.767. The van der Waals surface area contributed by atoms with Crippen LogP contribution in [0.1, 0.15) is 17.3 Å². The lowest BCUT2D eigenvalue weighted by molar-refractivity contribution is 0.0925. The predicted molar refractivity (Wildman–Crippen MR) is 81.4 cm³/mol. The van der Waals surface area contributed by atoms with Gasteiger partial charge in [0.1, 0.15) is 0 Å². The molecule has 108 valence electrons. The van der Waals surface area contributed by atoms with Crippen LogP contribution < -0.4 is 5.32 Å². The van der Waals surface area contributed by atoms with Crippen LogP contribution in [0.15, 0.2) is 48.5 Å². The number of nitrogens with one attached hydrogen (secondary N) is 1. The van der Waals surface area contributed by atoms with Crippen molar-refractivity contribution >= 4 is 23.6 Å². The van der Waals surface area contributed by atoms with Crippen LogP contribution in [0.25, 0.3) is 11.1 Å². The summed E-state index contributed by atoms with van der Waals surface area (Å²) in [6, 6.07) is 14.2. The summed E-state index contributed by atoms with van der Waals surface area (Å²) < 4.78 is 4.71. The fourth-order valence-corrected chi connectivity index (χ4v) is 2.07. The zero-order chi connectivity index (χ0) is 15.2. The van der Waals surface area contributed by atoms with Crippen molar-refractivity contribution in [2.45, 2.75) is 6.92 Å². The summed E-state index contributed by atoms with van der Waals surface area (Å²) in [4.78, 5) is 23.5. The summed E-state index contributed by atoms with van der Waals surface area (Å²) in [7, 11) is 0. The molecule has 0 aromatic heterocycles. The van der Waals surface area contributed by atoms with Gasteiger partial charge in [-0.15, -0.1) is 0 Å². The van der Waals surface area contributed by atoms with Crippen LogP contribution in [-0.4, -0.2) is 18.6 Å². The minimum absolute atomic E-state index is 0.200. The highest BCUT2D eigenvalue weighted by Gasteiger charge is 2.16. The Hall–Kier alpha value is -2.33. The number of halogens is 1. The Bertz CT molecular complexity index is 656. The third kappa shape index (κ3) is 3.83. The first-order chi connectivity index (χ1) is 10.1. The summed E-state index contributed by atoms with van der Waals surface area (Å²) in [6.45, 7) is 1.87. The van der Waals surface area contributed by atoms with Crippen LogP contribution in [0.3, 0.4) is 0 Å². The number of hydrogen-bond donors (Lipinski definition) is 1. The van der Waals surface area contributed by atoms with Gasteiger partial charge in [-0.05, 0) is 36.2 Å². The summed E-state index contributed by atoms with van der Waals surface area (Å²) in [5.41, 5.74) is 1.86. The second-order valence-corrected chi connectivity index (χ2v) is 4.67. The monoisotopic (exact) mass is 303 g/mol.